The topological polar surface area (TPSA) is 15.3 Å². The summed E-state index contributed by atoms with van der Waals surface area (Å²) in [6.07, 6.45) is 7.93. The summed E-state index contributed by atoms with van der Waals surface area (Å²) in [4.78, 5) is 2.19. The lowest BCUT2D eigenvalue weighted by Crippen LogP contribution is -2.45. The summed E-state index contributed by atoms with van der Waals surface area (Å²) in [7, 11) is 2.07. The molecule has 1 aliphatic rings. The summed E-state index contributed by atoms with van der Waals surface area (Å²) in [5.74, 6) is 0.608. The van der Waals surface area contributed by atoms with Gasteiger partial charge in [-0.05, 0) is 49.9 Å². The molecule has 1 aliphatic carbocycles. The van der Waals surface area contributed by atoms with Crippen molar-refractivity contribution in [3.05, 3.63) is 30.1 Å². The molecule has 21 heavy (non-hydrogen) atoms. The second-order valence-electron chi connectivity index (χ2n) is 6.32. The van der Waals surface area contributed by atoms with Crippen molar-refractivity contribution in [1.29, 1.82) is 0 Å². The largest absolute Gasteiger partial charge is 0.373 e. The van der Waals surface area contributed by atoms with Crippen LogP contribution in [0.3, 0.4) is 0 Å². The minimum absolute atomic E-state index is 0.157. The predicted molar refractivity (Wildman–Crippen MR) is 88.3 cm³/mol. The third kappa shape index (κ3) is 4.99. The zero-order valence-electron chi connectivity index (χ0n) is 13.4. The number of nitrogens with zero attached hydrogens (tertiary/aromatic N) is 1. The van der Waals surface area contributed by atoms with Gasteiger partial charge in [0.1, 0.15) is 5.82 Å². The summed E-state index contributed by atoms with van der Waals surface area (Å²) < 4.78 is 13.4. The van der Waals surface area contributed by atoms with Gasteiger partial charge in [-0.15, -0.1) is 0 Å². The first kappa shape index (κ1) is 16.3. The Bertz CT molecular complexity index is 415. The van der Waals surface area contributed by atoms with Crippen LogP contribution in [0.2, 0.25) is 0 Å². The minimum Gasteiger partial charge on any atom is -0.373 e. The molecule has 2 nitrogen and oxygen atoms in total. The molecule has 0 amide bonds. The number of halogens is 1. The van der Waals surface area contributed by atoms with E-state index in [1.165, 1.54) is 38.2 Å². The maximum Gasteiger partial charge on any atom is 0.125 e. The fraction of sp³-hybridized carbons (Fsp3) is 0.667. The van der Waals surface area contributed by atoms with Gasteiger partial charge in [-0.3, -0.25) is 0 Å². The number of hydrogen-bond acceptors (Lipinski definition) is 2. The highest BCUT2D eigenvalue weighted by Gasteiger charge is 2.24. The maximum atomic E-state index is 13.4. The van der Waals surface area contributed by atoms with Gasteiger partial charge in [0.2, 0.25) is 0 Å². The van der Waals surface area contributed by atoms with Crippen LogP contribution in [0.1, 0.15) is 45.4 Å². The van der Waals surface area contributed by atoms with Crippen LogP contribution in [-0.2, 0) is 0 Å². The van der Waals surface area contributed by atoms with Crippen LogP contribution in [0.25, 0.3) is 0 Å². The van der Waals surface area contributed by atoms with E-state index in [1.54, 1.807) is 12.1 Å². The smallest absolute Gasteiger partial charge is 0.125 e. The molecule has 0 aliphatic heterocycles. The lowest BCUT2D eigenvalue weighted by atomic mass is 9.83. The molecule has 1 N–H and O–H groups in total. The van der Waals surface area contributed by atoms with Crippen molar-refractivity contribution < 1.29 is 4.39 Å². The van der Waals surface area contributed by atoms with Gasteiger partial charge in [0.15, 0.2) is 0 Å². The van der Waals surface area contributed by atoms with Crippen molar-refractivity contribution in [3.8, 4) is 0 Å². The molecule has 3 heteroatoms. The van der Waals surface area contributed by atoms with E-state index in [0.29, 0.717) is 6.04 Å². The molecule has 0 aromatic heterocycles. The Hall–Kier alpha value is -1.09. The van der Waals surface area contributed by atoms with Crippen molar-refractivity contribution >= 4 is 5.69 Å². The maximum absolute atomic E-state index is 13.4. The molecule has 2 rings (SSSR count). The molecule has 1 aromatic carbocycles. The van der Waals surface area contributed by atoms with Gasteiger partial charge >= 0.3 is 0 Å². The highest BCUT2D eigenvalue weighted by molar-refractivity contribution is 5.45. The van der Waals surface area contributed by atoms with E-state index in [9.17, 15) is 4.39 Å². The van der Waals surface area contributed by atoms with Crippen LogP contribution in [0.5, 0.6) is 0 Å². The summed E-state index contributed by atoms with van der Waals surface area (Å²) in [5.41, 5.74) is 0.967. The second kappa shape index (κ2) is 8.38. The van der Waals surface area contributed by atoms with Crippen molar-refractivity contribution in [1.82, 2.24) is 5.32 Å². The monoisotopic (exact) mass is 292 g/mol. The molecule has 118 valence electrons. The third-order valence-corrected chi connectivity index (χ3v) is 4.59. The van der Waals surface area contributed by atoms with Gasteiger partial charge in [-0.1, -0.05) is 32.3 Å². The van der Waals surface area contributed by atoms with Gasteiger partial charge in [0, 0.05) is 25.3 Å². The van der Waals surface area contributed by atoms with Crippen molar-refractivity contribution in [2.75, 3.05) is 25.0 Å². The fourth-order valence-corrected chi connectivity index (χ4v) is 3.36. The van der Waals surface area contributed by atoms with E-state index in [4.69, 9.17) is 0 Å². The molecule has 0 saturated heterocycles. The Labute approximate surface area is 128 Å². The first-order chi connectivity index (χ1) is 10.2. The average Bonchev–Trinajstić information content (AvgIpc) is 2.52. The minimum atomic E-state index is -0.157. The molecular weight excluding hydrogens is 263 g/mol. The van der Waals surface area contributed by atoms with Crippen molar-refractivity contribution in [2.24, 2.45) is 5.92 Å². The van der Waals surface area contributed by atoms with Crippen LogP contribution in [0, 0.1) is 11.7 Å². The zero-order chi connectivity index (χ0) is 15.1. The van der Waals surface area contributed by atoms with Gasteiger partial charge in [0.05, 0.1) is 0 Å². The first-order valence-electron chi connectivity index (χ1n) is 8.40. The third-order valence-electron chi connectivity index (χ3n) is 4.59. The van der Waals surface area contributed by atoms with E-state index in [-0.39, 0.29) is 5.82 Å². The summed E-state index contributed by atoms with van der Waals surface area (Å²) in [6, 6.07) is 7.42. The molecule has 1 saturated carbocycles. The summed E-state index contributed by atoms with van der Waals surface area (Å²) in [5, 5.41) is 3.72. The van der Waals surface area contributed by atoms with E-state index in [2.05, 4.69) is 24.2 Å². The van der Waals surface area contributed by atoms with Gasteiger partial charge in [0.25, 0.3) is 0 Å². The Kier molecular flexibility index (Phi) is 6.50. The van der Waals surface area contributed by atoms with Crippen molar-refractivity contribution in [2.45, 2.75) is 51.5 Å². The standard InChI is InChI=1S/C18H29FN2/c1-3-12-20-18(15-8-5-4-6-9-15)14-21(2)17-11-7-10-16(19)13-17/h7,10-11,13,15,18,20H,3-6,8-9,12,14H2,1-2H3. The molecule has 0 heterocycles. The molecular formula is C18H29FN2. The number of nitrogens with one attached hydrogen (secondary N) is 1. The molecule has 1 fully saturated rings. The van der Waals surface area contributed by atoms with Gasteiger partial charge in [-0.2, -0.15) is 0 Å². The number of hydrogen-bond donors (Lipinski definition) is 1. The Morgan fingerprint density at radius 3 is 2.71 bits per heavy atom. The SMILES string of the molecule is CCCNC(CN(C)c1cccc(F)c1)C1CCCCC1. The average molecular weight is 292 g/mol. The number of benzene rings is 1. The lowest BCUT2D eigenvalue weighted by molar-refractivity contribution is 0.271. The van der Waals surface area contributed by atoms with E-state index >= 15 is 0 Å². The highest BCUT2D eigenvalue weighted by atomic mass is 19.1. The van der Waals surface area contributed by atoms with Gasteiger partial charge < -0.3 is 10.2 Å². The molecule has 1 atom stereocenters. The molecule has 0 spiro atoms. The lowest BCUT2D eigenvalue weighted by Gasteiger charge is -2.34. The first-order valence-corrected chi connectivity index (χ1v) is 8.40. The molecule has 1 aromatic rings. The van der Waals surface area contributed by atoms with Crippen molar-refractivity contribution in [3.63, 3.8) is 0 Å². The fourth-order valence-electron chi connectivity index (χ4n) is 3.36. The van der Waals surface area contributed by atoms with E-state index in [0.717, 1.165) is 31.1 Å². The zero-order valence-corrected chi connectivity index (χ0v) is 13.4. The number of rotatable bonds is 7. The van der Waals surface area contributed by atoms with Crippen LogP contribution in [-0.4, -0.2) is 26.2 Å². The Balaban J connectivity index is 1.99. The number of likely N-dealkylation sites (N-methyl/N-ethyl adjacent to an activating group) is 1. The number of anilines is 1. The Morgan fingerprint density at radius 2 is 2.05 bits per heavy atom. The second-order valence-corrected chi connectivity index (χ2v) is 6.32. The molecule has 0 radical (unpaired) electrons. The normalized spacial score (nSPS) is 17.7. The molecule has 0 bridgehead atoms. The van der Waals surface area contributed by atoms with E-state index in [1.807, 2.05) is 6.07 Å². The van der Waals surface area contributed by atoms with E-state index < -0.39 is 0 Å². The summed E-state index contributed by atoms with van der Waals surface area (Å²) >= 11 is 0. The molecule has 1 unspecified atom stereocenters. The summed E-state index contributed by atoms with van der Waals surface area (Å²) in [6.45, 7) is 4.23. The van der Waals surface area contributed by atoms with Crippen LogP contribution in [0.4, 0.5) is 10.1 Å². The highest BCUT2D eigenvalue weighted by Crippen LogP contribution is 2.27. The Morgan fingerprint density at radius 1 is 1.29 bits per heavy atom. The predicted octanol–water partition coefficient (Wildman–Crippen LogP) is 4.21. The van der Waals surface area contributed by atoms with Crippen LogP contribution in [0.15, 0.2) is 24.3 Å². The van der Waals surface area contributed by atoms with Gasteiger partial charge in [-0.25, -0.2) is 4.39 Å². The quantitative estimate of drug-likeness (QED) is 0.810. The van der Waals surface area contributed by atoms with Crippen LogP contribution < -0.4 is 10.2 Å². The van der Waals surface area contributed by atoms with Crippen LogP contribution >= 0.6 is 0 Å².